The van der Waals surface area contributed by atoms with Crippen LogP contribution in [0, 0.1) is 12.8 Å². The predicted octanol–water partition coefficient (Wildman–Crippen LogP) is 2.56. The zero-order valence-corrected chi connectivity index (χ0v) is 12.8. The largest absolute Gasteiger partial charge is 0.348 e. The highest BCUT2D eigenvalue weighted by Gasteiger charge is 2.25. The second-order valence-electron chi connectivity index (χ2n) is 5.33. The van der Waals surface area contributed by atoms with Crippen LogP contribution in [-0.2, 0) is 11.3 Å². The Balaban J connectivity index is 2.08. The molecular formula is C16H22N4O. The Kier molecular flexibility index (Phi) is 5.09. The van der Waals surface area contributed by atoms with Crippen molar-refractivity contribution in [3.8, 4) is 0 Å². The summed E-state index contributed by atoms with van der Waals surface area (Å²) < 4.78 is 0. The van der Waals surface area contributed by atoms with Gasteiger partial charge in [0.15, 0.2) is 5.82 Å². The molecule has 0 spiro atoms. The Bertz CT molecular complexity index is 579. The summed E-state index contributed by atoms with van der Waals surface area (Å²) >= 11 is 0. The van der Waals surface area contributed by atoms with E-state index in [1.165, 1.54) is 0 Å². The van der Waals surface area contributed by atoms with Crippen molar-refractivity contribution < 1.29 is 4.79 Å². The van der Waals surface area contributed by atoms with E-state index in [0.717, 1.165) is 17.8 Å². The van der Waals surface area contributed by atoms with E-state index in [1.54, 1.807) is 0 Å². The highest BCUT2D eigenvalue weighted by atomic mass is 16.1. The number of hydrogen-bond donors (Lipinski definition) is 2. The summed E-state index contributed by atoms with van der Waals surface area (Å²) in [5.74, 6) is 1.52. The van der Waals surface area contributed by atoms with Gasteiger partial charge in [-0.1, -0.05) is 50.6 Å². The van der Waals surface area contributed by atoms with Crippen LogP contribution in [0.1, 0.15) is 43.4 Å². The number of carbonyl (C=O) groups is 1. The lowest BCUT2D eigenvalue weighted by Crippen LogP contribution is -2.32. The van der Waals surface area contributed by atoms with E-state index in [2.05, 4.69) is 34.3 Å². The first-order valence-corrected chi connectivity index (χ1v) is 7.32. The average Bonchev–Trinajstić information content (AvgIpc) is 2.92. The molecule has 1 aromatic heterocycles. The lowest BCUT2D eigenvalue weighted by atomic mass is 9.85. The Labute approximate surface area is 125 Å². The second-order valence-corrected chi connectivity index (χ2v) is 5.33. The van der Waals surface area contributed by atoms with Gasteiger partial charge in [0.1, 0.15) is 5.82 Å². The molecule has 0 fully saturated rings. The molecule has 0 radical (unpaired) electrons. The molecule has 0 aliphatic rings. The molecule has 21 heavy (non-hydrogen) atoms. The highest BCUT2D eigenvalue weighted by Crippen LogP contribution is 2.27. The lowest BCUT2D eigenvalue weighted by molar-refractivity contribution is -0.123. The van der Waals surface area contributed by atoms with Gasteiger partial charge in [-0.25, -0.2) is 4.98 Å². The third-order valence-corrected chi connectivity index (χ3v) is 3.72. The molecule has 5 nitrogen and oxygen atoms in total. The quantitative estimate of drug-likeness (QED) is 0.857. The minimum atomic E-state index is -0.142. The molecule has 0 unspecified atom stereocenters. The topological polar surface area (TPSA) is 70.7 Å². The predicted molar refractivity (Wildman–Crippen MR) is 81.6 cm³/mol. The van der Waals surface area contributed by atoms with E-state index >= 15 is 0 Å². The number of aryl methyl sites for hydroxylation is 1. The van der Waals surface area contributed by atoms with Crippen LogP contribution >= 0.6 is 0 Å². The van der Waals surface area contributed by atoms with Crippen LogP contribution in [0.15, 0.2) is 30.3 Å². The van der Waals surface area contributed by atoms with Gasteiger partial charge in [-0.15, -0.1) is 0 Å². The van der Waals surface area contributed by atoms with Crippen molar-refractivity contribution in [1.29, 1.82) is 0 Å². The molecule has 112 valence electrons. The molecule has 1 aromatic carbocycles. The van der Waals surface area contributed by atoms with Crippen molar-refractivity contribution >= 4 is 5.91 Å². The fraction of sp³-hybridized carbons (Fsp3) is 0.438. The van der Waals surface area contributed by atoms with E-state index < -0.39 is 0 Å². The first-order valence-electron chi connectivity index (χ1n) is 7.32. The van der Waals surface area contributed by atoms with Crippen LogP contribution in [-0.4, -0.2) is 21.1 Å². The number of benzene rings is 1. The highest BCUT2D eigenvalue weighted by molar-refractivity contribution is 5.83. The normalized spacial score (nSPS) is 13.7. The molecule has 0 aliphatic heterocycles. The first-order chi connectivity index (χ1) is 10.1. The third-order valence-electron chi connectivity index (χ3n) is 3.72. The van der Waals surface area contributed by atoms with E-state index in [4.69, 9.17) is 0 Å². The van der Waals surface area contributed by atoms with Crippen molar-refractivity contribution in [3.05, 3.63) is 47.5 Å². The summed E-state index contributed by atoms with van der Waals surface area (Å²) in [7, 11) is 0. The maximum atomic E-state index is 12.5. The third kappa shape index (κ3) is 3.90. The van der Waals surface area contributed by atoms with Gasteiger partial charge in [0, 0.05) is 0 Å². The lowest BCUT2D eigenvalue weighted by Gasteiger charge is -2.22. The van der Waals surface area contributed by atoms with Crippen LogP contribution < -0.4 is 5.32 Å². The van der Waals surface area contributed by atoms with E-state index in [0.29, 0.717) is 12.4 Å². The summed E-state index contributed by atoms with van der Waals surface area (Å²) in [6.45, 7) is 6.40. The number of nitrogens with one attached hydrogen (secondary N) is 2. The van der Waals surface area contributed by atoms with Crippen molar-refractivity contribution in [2.45, 2.75) is 39.7 Å². The van der Waals surface area contributed by atoms with Gasteiger partial charge in [-0.05, 0) is 18.4 Å². The summed E-state index contributed by atoms with van der Waals surface area (Å²) in [6, 6.07) is 9.92. The van der Waals surface area contributed by atoms with Gasteiger partial charge in [-0.2, -0.15) is 5.10 Å². The zero-order chi connectivity index (χ0) is 15.2. The second kappa shape index (κ2) is 7.02. The van der Waals surface area contributed by atoms with E-state index in [9.17, 15) is 4.79 Å². The van der Waals surface area contributed by atoms with Crippen LogP contribution in [0.25, 0.3) is 0 Å². The summed E-state index contributed by atoms with van der Waals surface area (Å²) in [5.41, 5.74) is 1.05. The van der Waals surface area contributed by atoms with Crippen molar-refractivity contribution in [3.63, 3.8) is 0 Å². The Morgan fingerprint density at radius 1 is 1.33 bits per heavy atom. The summed E-state index contributed by atoms with van der Waals surface area (Å²) in [5, 5.41) is 9.75. The molecule has 0 saturated carbocycles. The number of amides is 1. The number of nitrogens with zero attached hydrogens (tertiary/aromatic N) is 2. The van der Waals surface area contributed by atoms with Gasteiger partial charge in [0.25, 0.3) is 0 Å². The Hall–Kier alpha value is -2.17. The summed E-state index contributed by atoms with van der Waals surface area (Å²) in [6.07, 6.45) is 0.951. The Morgan fingerprint density at radius 3 is 2.62 bits per heavy atom. The molecule has 2 N–H and O–H groups in total. The molecule has 2 aromatic rings. The number of aromatic amines is 1. The molecule has 2 rings (SSSR count). The minimum Gasteiger partial charge on any atom is -0.348 e. The summed E-state index contributed by atoms with van der Waals surface area (Å²) in [4.78, 5) is 16.7. The van der Waals surface area contributed by atoms with Gasteiger partial charge in [0.2, 0.25) is 5.91 Å². The first kappa shape index (κ1) is 15.2. The Morgan fingerprint density at radius 2 is 2.05 bits per heavy atom. The average molecular weight is 286 g/mol. The molecular weight excluding hydrogens is 264 g/mol. The van der Waals surface area contributed by atoms with Crippen LogP contribution in [0.3, 0.4) is 0 Å². The fourth-order valence-electron chi connectivity index (χ4n) is 2.38. The van der Waals surface area contributed by atoms with Gasteiger partial charge in [-0.3, -0.25) is 9.89 Å². The molecule has 2 atom stereocenters. The molecule has 1 amide bonds. The maximum absolute atomic E-state index is 12.5. The van der Waals surface area contributed by atoms with Gasteiger partial charge >= 0.3 is 0 Å². The monoisotopic (exact) mass is 286 g/mol. The number of rotatable bonds is 6. The van der Waals surface area contributed by atoms with Crippen LogP contribution in [0.5, 0.6) is 0 Å². The standard InChI is InChI=1S/C16H22N4O/c1-4-11(2)15(13-8-6-5-7-9-13)16(21)17-10-14-18-12(3)19-20-14/h5-9,11,15H,4,10H2,1-3H3,(H,17,21)(H,18,19,20)/t11-,15-/m0/s1. The molecule has 5 heteroatoms. The molecule has 0 bridgehead atoms. The van der Waals surface area contributed by atoms with Crippen molar-refractivity contribution in [2.24, 2.45) is 5.92 Å². The van der Waals surface area contributed by atoms with Crippen LogP contribution in [0.4, 0.5) is 0 Å². The maximum Gasteiger partial charge on any atom is 0.228 e. The van der Waals surface area contributed by atoms with Gasteiger partial charge in [0.05, 0.1) is 12.5 Å². The van der Waals surface area contributed by atoms with Crippen molar-refractivity contribution in [1.82, 2.24) is 20.5 Å². The minimum absolute atomic E-state index is 0.0259. The van der Waals surface area contributed by atoms with E-state index in [1.807, 2.05) is 37.3 Å². The van der Waals surface area contributed by atoms with Gasteiger partial charge < -0.3 is 5.32 Å². The number of hydrogen-bond acceptors (Lipinski definition) is 3. The zero-order valence-electron chi connectivity index (χ0n) is 12.8. The van der Waals surface area contributed by atoms with Crippen molar-refractivity contribution in [2.75, 3.05) is 0 Å². The molecule has 1 heterocycles. The van der Waals surface area contributed by atoms with Crippen LogP contribution in [0.2, 0.25) is 0 Å². The fourth-order valence-corrected chi connectivity index (χ4v) is 2.38. The molecule has 0 saturated heterocycles. The SMILES string of the molecule is CC[C@H](C)[C@H](C(=O)NCc1n[nH]c(C)n1)c1ccccc1. The van der Waals surface area contributed by atoms with E-state index in [-0.39, 0.29) is 17.7 Å². The smallest absolute Gasteiger partial charge is 0.228 e. The number of carbonyl (C=O) groups excluding carboxylic acids is 1. The number of aromatic nitrogens is 3. The molecule has 0 aliphatic carbocycles. The number of H-pyrrole nitrogens is 1.